The van der Waals surface area contributed by atoms with Crippen LogP contribution in [0.1, 0.15) is 10.4 Å². The highest BCUT2D eigenvalue weighted by atomic mass is 16.1. The van der Waals surface area contributed by atoms with Gasteiger partial charge in [0.1, 0.15) is 5.82 Å². The first-order valence-electron chi connectivity index (χ1n) is 5.07. The maximum Gasteiger partial charge on any atom is 0.252 e. The number of rotatable bonds is 4. The first kappa shape index (κ1) is 11.8. The highest BCUT2D eigenvalue weighted by molar-refractivity contribution is 6.01. The van der Waals surface area contributed by atoms with E-state index in [1.165, 1.54) is 6.07 Å². The van der Waals surface area contributed by atoms with Gasteiger partial charge < -0.3 is 10.7 Å². The van der Waals surface area contributed by atoms with Gasteiger partial charge in [-0.15, -0.1) is 0 Å². The van der Waals surface area contributed by atoms with Crippen LogP contribution in [0.2, 0.25) is 0 Å². The minimum absolute atomic E-state index is 0.130. The van der Waals surface area contributed by atoms with E-state index in [4.69, 9.17) is 11.6 Å². The lowest BCUT2D eigenvalue weighted by atomic mass is 10.2. The highest BCUT2D eigenvalue weighted by Gasteiger charge is 2.17. The fourth-order valence-corrected chi connectivity index (χ4v) is 1.55. The van der Waals surface area contributed by atoms with Crippen LogP contribution in [0.4, 0.5) is 5.82 Å². The van der Waals surface area contributed by atoms with Crippen molar-refractivity contribution in [3.05, 3.63) is 36.0 Å². The number of carbonyl (C=O) groups excluding carboxylic acids is 2. The average Bonchev–Trinajstić information content (AvgIpc) is 2.84. The molecule has 2 heterocycles. The van der Waals surface area contributed by atoms with Gasteiger partial charge in [0.15, 0.2) is 0 Å². The van der Waals surface area contributed by atoms with Crippen LogP contribution in [0.5, 0.6) is 0 Å². The van der Waals surface area contributed by atoms with Gasteiger partial charge in [0.25, 0.3) is 5.91 Å². The average molecular weight is 245 g/mol. The van der Waals surface area contributed by atoms with E-state index in [0.717, 1.165) is 5.01 Å². The lowest BCUT2D eigenvalue weighted by molar-refractivity contribution is -0.107. The van der Waals surface area contributed by atoms with Crippen LogP contribution < -0.4 is 16.6 Å². The van der Waals surface area contributed by atoms with Crippen LogP contribution in [-0.2, 0) is 4.79 Å². The minimum Gasteiger partial charge on any atom is -0.365 e. The molecule has 92 valence electrons. The summed E-state index contributed by atoms with van der Waals surface area (Å²) in [7, 11) is 0. The number of nitrogens with zero attached hydrogens (tertiary/aromatic N) is 2. The zero-order chi connectivity index (χ0) is 13.1. The molecule has 0 atom stereocenters. The molecule has 7 nitrogen and oxygen atoms in total. The van der Waals surface area contributed by atoms with Gasteiger partial charge in [-0.25, -0.2) is 10.9 Å². The standard InChI is InChI=1S/C11H11N5O2/c12-10(18)7-5-9(8-3-1-2-4-14-8)15-11(7)16(13)6-17/h1-6,15H,13H2,(H2,12,18). The van der Waals surface area contributed by atoms with Crippen molar-refractivity contribution in [3.63, 3.8) is 0 Å². The predicted molar refractivity (Wildman–Crippen MR) is 65.3 cm³/mol. The molecule has 0 aromatic carbocycles. The first-order chi connectivity index (χ1) is 8.63. The Morgan fingerprint density at radius 1 is 1.44 bits per heavy atom. The second-order valence-corrected chi connectivity index (χ2v) is 3.54. The quantitative estimate of drug-likeness (QED) is 0.304. The lowest BCUT2D eigenvalue weighted by Crippen LogP contribution is -2.31. The van der Waals surface area contributed by atoms with E-state index in [-0.39, 0.29) is 11.4 Å². The van der Waals surface area contributed by atoms with Crippen LogP contribution in [0.25, 0.3) is 11.4 Å². The predicted octanol–water partition coefficient (Wildman–Crippen LogP) is 0.0121. The Bertz CT molecular complexity index is 578. The molecule has 0 unspecified atom stereocenters. The largest absolute Gasteiger partial charge is 0.365 e. The van der Waals surface area contributed by atoms with Gasteiger partial charge in [0.05, 0.1) is 17.0 Å². The summed E-state index contributed by atoms with van der Waals surface area (Å²) in [5, 5.41) is 0.756. The second-order valence-electron chi connectivity index (χ2n) is 3.54. The van der Waals surface area contributed by atoms with Gasteiger partial charge in [0, 0.05) is 6.20 Å². The molecule has 2 rings (SSSR count). The van der Waals surface area contributed by atoms with Crippen LogP contribution in [0.3, 0.4) is 0 Å². The van der Waals surface area contributed by atoms with Gasteiger partial charge in [-0.2, -0.15) is 0 Å². The summed E-state index contributed by atoms with van der Waals surface area (Å²) >= 11 is 0. The normalized spacial score (nSPS) is 10.1. The van der Waals surface area contributed by atoms with Crippen molar-refractivity contribution in [2.24, 2.45) is 11.6 Å². The lowest BCUT2D eigenvalue weighted by Gasteiger charge is -2.08. The first-order valence-corrected chi connectivity index (χ1v) is 5.07. The second kappa shape index (κ2) is 4.68. The van der Waals surface area contributed by atoms with E-state index in [1.807, 2.05) is 0 Å². The van der Waals surface area contributed by atoms with Crippen LogP contribution in [0.15, 0.2) is 30.5 Å². The summed E-state index contributed by atoms with van der Waals surface area (Å²) in [5.41, 5.74) is 6.52. The molecular weight excluding hydrogens is 234 g/mol. The Hall–Kier alpha value is -2.67. The Balaban J connectivity index is 2.52. The molecular formula is C11H11N5O2. The summed E-state index contributed by atoms with van der Waals surface area (Å²) < 4.78 is 0. The van der Waals surface area contributed by atoms with E-state index < -0.39 is 5.91 Å². The summed E-state index contributed by atoms with van der Waals surface area (Å²) in [4.78, 5) is 28.9. The van der Waals surface area contributed by atoms with Crippen molar-refractivity contribution in [1.29, 1.82) is 0 Å². The maximum absolute atomic E-state index is 11.3. The molecule has 18 heavy (non-hydrogen) atoms. The van der Waals surface area contributed by atoms with E-state index >= 15 is 0 Å². The molecule has 5 N–H and O–H groups in total. The van der Waals surface area contributed by atoms with Crippen molar-refractivity contribution in [3.8, 4) is 11.4 Å². The molecule has 0 spiro atoms. The highest BCUT2D eigenvalue weighted by Crippen LogP contribution is 2.24. The molecule has 0 fully saturated rings. The van der Waals surface area contributed by atoms with Crippen molar-refractivity contribution in [2.75, 3.05) is 5.01 Å². The molecule has 0 saturated carbocycles. The molecule has 2 aromatic rings. The number of aromatic amines is 1. The van der Waals surface area contributed by atoms with Gasteiger partial charge in [-0.1, -0.05) is 6.07 Å². The number of amides is 2. The number of aromatic nitrogens is 2. The number of H-pyrrole nitrogens is 1. The number of hydrogen-bond donors (Lipinski definition) is 3. The minimum atomic E-state index is -0.680. The van der Waals surface area contributed by atoms with Gasteiger partial charge in [-0.3, -0.25) is 14.6 Å². The van der Waals surface area contributed by atoms with Crippen molar-refractivity contribution < 1.29 is 9.59 Å². The maximum atomic E-state index is 11.3. The summed E-state index contributed by atoms with van der Waals surface area (Å²) in [6.45, 7) is 0. The van der Waals surface area contributed by atoms with E-state index in [0.29, 0.717) is 17.8 Å². The number of carbonyl (C=O) groups is 2. The molecule has 0 saturated heterocycles. The Labute approximate surface area is 102 Å². The third-order valence-electron chi connectivity index (χ3n) is 2.37. The number of nitrogens with two attached hydrogens (primary N) is 2. The molecule has 0 radical (unpaired) electrons. The molecule has 0 bridgehead atoms. The Kier molecular flexibility index (Phi) is 3.07. The molecule has 2 aromatic heterocycles. The van der Waals surface area contributed by atoms with E-state index in [9.17, 15) is 9.59 Å². The summed E-state index contributed by atoms with van der Waals surface area (Å²) in [5.74, 6) is 4.89. The van der Waals surface area contributed by atoms with Crippen LogP contribution in [0, 0.1) is 0 Å². The zero-order valence-corrected chi connectivity index (χ0v) is 9.33. The fraction of sp³-hybridized carbons (Fsp3) is 0. The van der Waals surface area contributed by atoms with Crippen molar-refractivity contribution in [1.82, 2.24) is 9.97 Å². The van der Waals surface area contributed by atoms with Crippen LogP contribution >= 0.6 is 0 Å². The van der Waals surface area contributed by atoms with Crippen molar-refractivity contribution in [2.45, 2.75) is 0 Å². The third kappa shape index (κ3) is 2.06. The zero-order valence-electron chi connectivity index (χ0n) is 9.33. The molecule has 0 aliphatic carbocycles. The smallest absolute Gasteiger partial charge is 0.252 e. The number of pyridine rings is 1. The van der Waals surface area contributed by atoms with E-state index in [1.54, 1.807) is 24.4 Å². The fourth-order valence-electron chi connectivity index (χ4n) is 1.55. The molecule has 0 aliphatic heterocycles. The Morgan fingerprint density at radius 3 is 2.78 bits per heavy atom. The van der Waals surface area contributed by atoms with Gasteiger partial charge in [-0.05, 0) is 18.2 Å². The molecule has 7 heteroatoms. The monoisotopic (exact) mass is 245 g/mol. The molecule has 2 amide bonds. The number of hydrogen-bond acceptors (Lipinski definition) is 4. The van der Waals surface area contributed by atoms with Gasteiger partial charge >= 0.3 is 0 Å². The molecule has 0 aliphatic rings. The number of nitrogens with one attached hydrogen (secondary N) is 1. The SMILES string of the molecule is NC(=O)c1cc(-c2ccccn2)[nH]c1N(N)C=O. The van der Waals surface area contributed by atoms with Crippen molar-refractivity contribution >= 4 is 18.1 Å². The van der Waals surface area contributed by atoms with Crippen LogP contribution in [-0.4, -0.2) is 22.3 Å². The summed E-state index contributed by atoms with van der Waals surface area (Å²) in [6, 6.07) is 6.82. The Morgan fingerprint density at radius 2 is 2.22 bits per heavy atom. The number of anilines is 1. The summed E-state index contributed by atoms with van der Waals surface area (Å²) in [6.07, 6.45) is 1.99. The number of hydrazine groups is 1. The third-order valence-corrected chi connectivity index (χ3v) is 2.37. The van der Waals surface area contributed by atoms with Gasteiger partial charge in [0.2, 0.25) is 6.41 Å². The van der Waals surface area contributed by atoms with E-state index in [2.05, 4.69) is 9.97 Å². The number of primary amides is 1. The topological polar surface area (TPSA) is 118 Å².